The smallest absolute Gasteiger partial charge is 0.264 e. The van der Waals surface area contributed by atoms with Gasteiger partial charge in [0.25, 0.3) is 15.9 Å². The van der Waals surface area contributed by atoms with Gasteiger partial charge in [-0.1, -0.05) is 35.9 Å². The topological polar surface area (TPSA) is 108 Å². The summed E-state index contributed by atoms with van der Waals surface area (Å²) >= 11 is 0. The van der Waals surface area contributed by atoms with Crippen molar-refractivity contribution in [2.24, 2.45) is 5.10 Å². The van der Waals surface area contributed by atoms with Crippen molar-refractivity contribution in [2.45, 2.75) is 25.7 Å². The Morgan fingerprint density at radius 2 is 1.82 bits per heavy atom. The summed E-state index contributed by atoms with van der Waals surface area (Å²) in [6.07, 6.45) is 1.38. The van der Waals surface area contributed by atoms with E-state index in [4.69, 9.17) is 4.74 Å². The van der Waals surface area contributed by atoms with Crippen molar-refractivity contribution in [1.82, 2.24) is 5.43 Å². The number of ether oxygens (including phenoxy) is 1. The summed E-state index contributed by atoms with van der Waals surface area (Å²) in [6.45, 7) is 5.43. The Hall–Kier alpha value is -3.85. The van der Waals surface area contributed by atoms with E-state index in [0.717, 1.165) is 15.4 Å². The van der Waals surface area contributed by atoms with Crippen LogP contribution in [0.2, 0.25) is 0 Å². The summed E-state index contributed by atoms with van der Waals surface area (Å²) in [5.74, 6) is -0.314. The summed E-state index contributed by atoms with van der Waals surface area (Å²) in [4.78, 5) is 12.8. The van der Waals surface area contributed by atoms with Crippen LogP contribution in [0.5, 0.6) is 11.5 Å². The summed E-state index contributed by atoms with van der Waals surface area (Å²) in [7, 11) is -4.00. The number of nitrogens with one attached hydrogen (secondary N) is 1. The van der Waals surface area contributed by atoms with Crippen molar-refractivity contribution in [3.8, 4) is 11.5 Å². The maximum Gasteiger partial charge on any atom is 0.264 e. The number of phenols is 1. The normalized spacial score (nSPS) is 11.4. The number of amides is 1. The standard InChI is InChI=1S/C25H27N3O5S/c1-4-33-24-15-20(11-13-23(24)29)16-26-27-25(30)17-28(22-12-10-18(2)14-19(22)3)34(31,32)21-8-6-5-7-9-21/h5-16,29H,4,17H2,1-3H3,(H,27,30)/b26-16+. The van der Waals surface area contributed by atoms with E-state index in [1.54, 1.807) is 56.3 Å². The molecular formula is C25H27N3O5S. The van der Waals surface area contributed by atoms with Gasteiger partial charge in [0, 0.05) is 0 Å². The van der Waals surface area contributed by atoms with Crippen molar-refractivity contribution in [3.63, 3.8) is 0 Å². The van der Waals surface area contributed by atoms with Crippen molar-refractivity contribution in [1.29, 1.82) is 0 Å². The zero-order valence-corrected chi connectivity index (χ0v) is 20.0. The molecule has 9 heteroatoms. The van der Waals surface area contributed by atoms with Gasteiger partial charge in [0.15, 0.2) is 11.5 Å². The monoisotopic (exact) mass is 481 g/mol. The zero-order valence-electron chi connectivity index (χ0n) is 19.2. The molecule has 0 fully saturated rings. The van der Waals surface area contributed by atoms with Crippen LogP contribution in [0.15, 0.2) is 76.7 Å². The molecule has 0 heterocycles. The van der Waals surface area contributed by atoms with Gasteiger partial charge in [-0.2, -0.15) is 5.10 Å². The van der Waals surface area contributed by atoms with Gasteiger partial charge in [0.1, 0.15) is 6.54 Å². The molecule has 8 nitrogen and oxygen atoms in total. The zero-order chi connectivity index (χ0) is 24.7. The molecule has 3 aromatic rings. The number of anilines is 1. The molecule has 0 aliphatic carbocycles. The van der Waals surface area contributed by atoms with Crippen LogP contribution in [-0.2, 0) is 14.8 Å². The third kappa shape index (κ3) is 5.93. The Bertz CT molecular complexity index is 1290. The van der Waals surface area contributed by atoms with Gasteiger partial charge in [-0.15, -0.1) is 0 Å². The van der Waals surface area contributed by atoms with E-state index in [0.29, 0.717) is 23.6 Å². The van der Waals surface area contributed by atoms with Crippen LogP contribution in [0, 0.1) is 13.8 Å². The predicted molar refractivity (Wildman–Crippen MR) is 132 cm³/mol. The molecule has 34 heavy (non-hydrogen) atoms. The van der Waals surface area contributed by atoms with E-state index in [1.165, 1.54) is 24.4 Å². The number of nitrogens with zero attached hydrogens (tertiary/aromatic N) is 2. The summed E-state index contributed by atoms with van der Waals surface area (Å²) in [5.41, 5.74) is 5.08. The van der Waals surface area contributed by atoms with Crippen molar-refractivity contribution in [3.05, 3.63) is 83.4 Å². The first-order valence-corrected chi connectivity index (χ1v) is 12.1. The fourth-order valence-corrected chi connectivity index (χ4v) is 4.84. The molecule has 178 valence electrons. The number of aryl methyl sites for hydroxylation is 2. The molecule has 0 aliphatic rings. The van der Waals surface area contributed by atoms with Gasteiger partial charge in [-0.25, -0.2) is 13.8 Å². The van der Waals surface area contributed by atoms with Crippen LogP contribution in [0.25, 0.3) is 0 Å². The first-order chi connectivity index (χ1) is 16.2. The van der Waals surface area contributed by atoms with E-state index in [1.807, 2.05) is 13.0 Å². The first-order valence-electron chi connectivity index (χ1n) is 10.6. The Morgan fingerprint density at radius 3 is 2.50 bits per heavy atom. The van der Waals surface area contributed by atoms with Crippen LogP contribution in [0.3, 0.4) is 0 Å². The molecule has 0 spiro atoms. The molecule has 0 unspecified atom stereocenters. The molecule has 0 saturated heterocycles. The molecule has 2 N–H and O–H groups in total. The van der Waals surface area contributed by atoms with Gasteiger partial charge >= 0.3 is 0 Å². The lowest BCUT2D eigenvalue weighted by atomic mass is 10.1. The van der Waals surface area contributed by atoms with Gasteiger partial charge in [0.05, 0.1) is 23.4 Å². The van der Waals surface area contributed by atoms with Crippen LogP contribution in [0.1, 0.15) is 23.6 Å². The predicted octanol–water partition coefficient (Wildman–Crippen LogP) is 3.75. The van der Waals surface area contributed by atoms with Gasteiger partial charge in [0.2, 0.25) is 0 Å². The fourth-order valence-electron chi connectivity index (χ4n) is 3.33. The Balaban J connectivity index is 1.83. The highest BCUT2D eigenvalue weighted by atomic mass is 32.2. The molecule has 0 aliphatic heterocycles. The quantitative estimate of drug-likeness (QED) is 0.357. The third-order valence-corrected chi connectivity index (χ3v) is 6.70. The number of hydrogen-bond acceptors (Lipinski definition) is 6. The summed E-state index contributed by atoms with van der Waals surface area (Å²) < 4.78 is 33.2. The molecule has 3 rings (SSSR count). The van der Waals surface area contributed by atoms with Gasteiger partial charge < -0.3 is 9.84 Å². The summed E-state index contributed by atoms with van der Waals surface area (Å²) in [6, 6.07) is 18.0. The number of benzene rings is 3. The number of hydrogen-bond donors (Lipinski definition) is 2. The van der Waals surface area contributed by atoms with Crippen LogP contribution in [0.4, 0.5) is 5.69 Å². The van der Waals surface area contributed by atoms with Crippen molar-refractivity contribution < 1.29 is 23.1 Å². The number of rotatable bonds is 9. The minimum Gasteiger partial charge on any atom is -0.504 e. The largest absolute Gasteiger partial charge is 0.504 e. The first kappa shape index (κ1) is 24.8. The highest BCUT2D eigenvalue weighted by molar-refractivity contribution is 7.92. The lowest BCUT2D eigenvalue weighted by molar-refractivity contribution is -0.119. The number of phenolic OH excluding ortho intramolecular Hbond substituents is 1. The highest BCUT2D eigenvalue weighted by Gasteiger charge is 2.28. The molecule has 3 aromatic carbocycles. The van der Waals surface area contributed by atoms with Gasteiger partial charge in [-0.3, -0.25) is 9.10 Å². The number of carbonyl (C=O) groups is 1. The van der Waals surface area contributed by atoms with Crippen LogP contribution < -0.4 is 14.5 Å². The summed E-state index contributed by atoms with van der Waals surface area (Å²) in [5, 5.41) is 13.7. The minimum absolute atomic E-state index is 0.00161. The highest BCUT2D eigenvalue weighted by Crippen LogP contribution is 2.28. The average molecular weight is 482 g/mol. The molecular weight excluding hydrogens is 454 g/mol. The van der Waals surface area contributed by atoms with E-state index < -0.39 is 22.5 Å². The molecule has 0 saturated carbocycles. The molecule has 0 radical (unpaired) electrons. The maximum absolute atomic E-state index is 13.4. The average Bonchev–Trinajstić information content (AvgIpc) is 2.81. The van der Waals surface area contributed by atoms with E-state index in [-0.39, 0.29) is 10.6 Å². The fraction of sp³-hybridized carbons (Fsp3) is 0.200. The minimum atomic E-state index is -4.00. The molecule has 1 amide bonds. The number of hydrazone groups is 1. The maximum atomic E-state index is 13.4. The van der Waals surface area contributed by atoms with E-state index >= 15 is 0 Å². The van der Waals surface area contributed by atoms with Crippen LogP contribution >= 0.6 is 0 Å². The number of carbonyl (C=O) groups excluding carboxylic acids is 1. The lowest BCUT2D eigenvalue weighted by Gasteiger charge is -2.25. The van der Waals surface area contributed by atoms with Crippen molar-refractivity contribution >= 4 is 27.8 Å². The lowest BCUT2D eigenvalue weighted by Crippen LogP contribution is -2.40. The second-order valence-corrected chi connectivity index (χ2v) is 9.43. The number of sulfonamides is 1. The SMILES string of the molecule is CCOc1cc(/C=N/NC(=O)CN(c2ccc(C)cc2C)S(=O)(=O)c2ccccc2)ccc1O. The second-order valence-electron chi connectivity index (χ2n) is 7.57. The second kappa shape index (κ2) is 10.8. The Labute approximate surface area is 199 Å². The molecule has 0 aromatic heterocycles. The molecule has 0 atom stereocenters. The van der Waals surface area contributed by atoms with E-state index in [9.17, 15) is 18.3 Å². The third-order valence-electron chi connectivity index (χ3n) is 4.93. The van der Waals surface area contributed by atoms with E-state index in [2.05, 4.69) is 10.5 Å². The Morgan fingerprint density at radius 1 is 1.09 bits per heavy atom. The van der Waals surface area contributed by atoms with Gasteiger partial charge in [-0.05, 0) is 68.3 Å². The Kier molecular flexibility index (Phi) is 7.91. The molecule has 0 bridgehead atoms. The van der Waals surface area contributed by atoms with Crippen LogP contribution in [-0.4, -0.2) is 38.8 Å². The van der Waals surface area contributed by atoms with Crippen molar-refractivity contribution in [2.75, 3.05) is 17.5 Å². The number of aromatic hydroxyl groups is 1.